The first-order chi connectivity index (χ1) is 10.1. The summed E-state index contributed by atoms with van der Waals surface area (Å²) in [7, 11) is 0. The van der Waals surface area contributed by atoms with Crippen LogP contribution in [0, 0.1) is 0 Å². The van der Waals surface area contributed by atoms with Gasteiger partial charge in [-0.15, -0.1) is 24.0 Å². The first kappa shape index (κ1) is 21.9. The zero-order valence-corrected chi connectivity index (χ0v) is 17.4. The molecule has 2 N–H and O–H groups in total. The molecule has 22 heavy (non-hydrogen) atoms. The number of aliphatic imine (C=N–C) groups is 1. The van der Waals surface area contributed by atoms with Gasteiger partial charge < -0.3 is 15.5 Å². The fraction of sp³-hybridized carbons (Fsp3) is 0.938. The minimum Gasteiger partial charge on any atom is -0.357 e. The molecule has 0 saturated carbocycles. The lowest BCUT2D eigenvalue weighted by atomic mass is 10.2. The Morgan fingerprint density at radius 2 is 1.73 bits per heavy atom. The van der Waals surface area contributed by atoms with Crippen LogP contribution in [0.3, 0.4) is 0 Å². The largest absolute Gasteiger partial charge is 0.357 e. The Hall–Kier alpha value is -0.0800. The third-order valence-corrected chi connectivity index (χ3v) is 4.33. The van der Waals surface area contributed by atoms with E-state index in [1.165, 1.54) is 32.7 Å². The van der Waals surface area contributed by atoms with E-state index >= 15 is 0 Å². The highest BCUT2D eigenvalue weighted by Crippen LogP contribution is 2.06. The maximum Gasteiger partial charge on any atom is 0.191 e. The molecule has 1 heterocycles. The Labute approximate surface area is 154 Å². The lowest BCUT2D eigenvalue weighted by Gasteiger charge is -2.37. The Balaban J connectivity index is 0.00000441. The fourth-order valence-electron chi connectivity index (χ4n) is 2.51. The van der Waals surface area contributed by atoms with Crippen molar-refractivity contribution in [3.63, 3.8) is 0 Å². The summed E-state index contributed by atoms with van der Waals surface area (Å²) in [5.74, 6) is 0.950. The van der Waals surface area contributed by atoms with Gasteiger partial charge in [-0.1, -0.05) is 13.8 Å². The Morgan fingerprint density at radius 1 is 1.09 bits per heavy atom. The van der Waals surface area contributed by atoms with Gasteiger partial charge in [-0.05, 0) is 33.7 Å². The predicted octanol–water partition coefficient (Wildman–Crippen LogP) is 1.98. The number of nitrogens with zero attached hydrogens (tertiary/aromatic N) is 3. The van der Waals surface area contributed by atoms with E-state index in [9.17, 15) is 0 Å². The van der Waals surface area contributed by atoms with Gasteiger partial charge in [-0.25, -0.2) is 0 Å². The molecule has 0 aliphatic carbocycles. The first-order valence-electron chi connectivity index (χ1n) is 8.61. The number of rotatable bonds is 7. The summed E-state index contributed by atoms with van der Waals surface area (Å²) < 4.78 is 0. The molecule has 0 radical (unpaired) electrons. The van der Waals surface area contributed by atoms with Crippen LogP contribution in [0.2, 0.25) is 0 Å². The summed E-state index contributed by atoms with van der Waals surface area (Å²) in [6, 6.07) is 0.975. The molecule has 1 rings (SSSR count). The quantitative estimate of drug-likeness (QED) is 0.372. The minimum absolute atomic E-state index is 0. The summed E-state index contributed by atoms with van der Waals surface area (Å²) in [6.45, 7) is 18.7. The maximum absolute atomic E-state index is 4.75. The molecule has 2 atom stereocenters. The lowest BCUT2D eigenvalue weighted by molar-refractivity contribution is 0.109. The molecule has 1 aliphatic rings. The van der Waals surface area contributed by atoms with Crippen LogP contribution < -0.4 is 10.6 Å². The molecular formula is C16H36IN5. The zero-order chi connectivity index (χ0) is 15.7. The lowest BCUT2D eigenvalue weighted by Crippen LogP contribution is -2.50. The van der Waals surface area contributed by atoms with E-state index in [-0.39, 0.29) is 24.0 Å². The second kappa shape index (κ2) is 12.4. The molecule has 6 heteroatoms. The van der Waals surface area contributed by atoms with Crippen molar-refractivity contribution in [3.05, 3.63) is 0 Å². The molecule has 0 aromatic rings. The Bertz CT molecular complexity index is 303. The molecular weight excluding hydrogens is 389 g/mol. The topological polar surface area (TPSA) is 42.9 Å². The third kappa shape index (κ3) is 7.97. The van der Waals surface area contributed by atoms with E-state index in [4.69, 9.17) is 4.99 Å². The molecule has 2 unspecified atom stereocenters. The van der Waals surface area contributed by atoms with E-state index in [0.29, 0.717) is 12.1 Å². The number of guanidine groups is 1. The van der Waals surface area contributed by atoms with E-state index in [2.05, 4.69) is 55.1 Å². The van der Waals surface area contributed by atoms with Gasteiger partial charge in [0.05, 0.1) is 6.54 Å². The van der Waals surface area contributed by atoms with Crippen molar-refractivity contribution in [1.82, 2.24) is 20.4 Å². The van der Waals surface area contributed by atoms with Crippen molar-refractivity contribution in [1.29, 1.82) is 0 Å². The monoisotopic (exact) mass is 425 g/mol. The van der Waals surface area contributed by atoms with Crippen LogP contribution in [0.1, 0.15) is 41.0 Å². The molecule has 0 aromatic heterocycles. The molecule has 0 bridgehead atoms. The van der Waals surface area contributed by atoms with Crippen molar-refractivity contribution in [2.24, 2.45) is 4.99 Å². The SMILES string of the molecule is CCNC(=NCC(C)N1CCN(CC)CC1)NC(C)CC.I. The maximum atomic E-state index is 4.75. The normalized spacial score (nSPS) is 20.1. The number of likely N-dealkylation sites (N-methyl/N-ethyl adjacent to an activating group) is 1. The summed E-state index contributed by atoms with van der Waals surface area (Å²) >= 11 is 0. The van der Waals surface area contributed by atoms with Gasteiger partial charge in [-0.3, -0.25) is 9.89 Å². The highest BCUT2D eigenvalue weighted by molar-refractivity contribution is 14.0. The molecule has 0 amide bonds. The van der Waals surface area contributed by atoms with Crippen molar-refractivity contribution in [2.45, 2.75) is 53.1 Å². The standard InChI is InChI=1S/C16H35N5.HI/c1-6-14(4)19-16(17-7-2)18-13-15(5)21-11-9-20(8-3)10-12-21;/h14-15H,6-13H2,1-5H3,(H2,17,18,19);1H. The average Bonchev–Trinajstić information content (AvgIpc) is 2.52. The Kier molecular flexibility index (Phi) is 12.3. The van der Waals surface area contributed by atoms with Crippen LogP contribution in [0.15, 0.2) is 4.99 Å². The van der Waals surface area contributed by atoms with Gasteiger partial charge in [0, 0.05) is 44.8 Å². The first-order valence-corrected chi connectivity index (χ1v) is 8.61. The highest BCUT2D eigenvalue weighted by atomic mass is 127. The van der Waals surface area contributed by atoms with Gasteiger partial charge in [0.1, 0.15) is 0 Å². The van der Waals surface area contributed by atoms with Gasteiger partial charge in [0.15, 0.2) is 5.96 Å². The second-order valence-corrected chi connectivity index (χ2v) is 5.99. The predicted molar refractivity (Wildman–Crippen MR) is 107 cm³/mol. The molecule has 1 saturated heterocycles. The van der Waals surface area contributed by atoms with E-state index in [1.54, 1.807) is 0 Å². The van der Waals surface area contributed by atoms with Crippen molar-refractivity contribution < 1.29 is 0 Å². The summed E-state index contributed by atoms with van der Waals surface area (Å²) in [4.78, 5) is 9.83. The third-order valence-electron chi connectivity index (χ3n) is 4.33. The van der Waals surface area contributed by atoms with E-state index < -0.39 is 0 Å². The van der Waals surface area contributed by atoms with Gasteiger partial charge >= 0.3 is 0 Å². The van der Waals surface area contributed by atoms with Gasteiger partial charge in [0.25, 0.3) is 0 Å². The average molecular weight is 425 g/mol. The number of piperazine rings is 1. The van der Waals surface area contributed by atoms with Crippen molar-refractivity contribution >= 4 is 29.9 Å². The number of hydrogen-bond donors (Lipinski definition) is 2. The van der Waals surface area contributed by atoms with Crippen LogP contribution in [0.4, 0.5) is 0 Å². The van der Waals surface area contributed by atoms with Crippen LogP contribution in [-0.2, 0) is 0 Å². The van der Waals surface area contributed by atoms with Crippen LogP contribution in [0.5, 0.6) is 0 Å². The fourth-order valence-corrected chi connectivity index (χ4v) is 2.51. The van der Waals surface area contributed by atoms with Gasteiger partial charge in [0.2, 0.25) is 0 Å². The molecule has 1 fully saturated rings. The molecule has 5 nitrogen and oxygen atoms in total. The van der Waals surface area contributed by atoms with Crippen molar-refractivity contribution in [2.75, 3.05) is 45.8 Å². The summed E-state index contributed by atoms with van der Waals surface area (Å²) in [5.41, 5.74) is 0. The smallest absolute Gasteiger partial charge is 0.191 e. The summed E-state index contributed by atoms with van der Waals surface area (Å²) in [5, 5.41) is 6.79. The zero-order valence-electron chi connectivity index (χ0n) is 15.1. The van der Waals surface area contributed by atoms with Crippen molar-refractivity contribution in [3.8, 4) is 0 Å². The van der Waals surface area contributed by atoms with Gasteiger partial charge in [-0.2, -0.15) is 0 Å². The van der Waals surface area contributed by atoms with E-state index in [0.717, 1.165) is 25.5 Å². The molecule has 0 spiro atoms. The second-order valence-electron chi connectivity index (χ2n) is 5.99. The number of hydrogen-bond acceptors (Lipinski definition) is 3. The van der Waals surface area contributed by atoms with Crippen LogP contribution in [0.25, 0.3) is 0 Å². The number of nitrogens with one attached hydrogen (secondary N) is 2. The minimum atomic E-state index is 0. The molecule has 1 aliphatic heterocycles. The molecule has 132 valence electrons. The van der Waals surface area contributed by atoms with Crippen LogP contribution >= 0.6 is 24.0 Å². The Morgan fingerprint density at radius 3 is 2.23 bits per heavy atom. The van der Waals surface area contributed by atoms with E-state index in [1.807, 2.05) is 0 Å². The van der Waals surface area contributed by atoms with Crippen LogP contribution in [-0.4, -0.2) is 73.7 Å². The highest BCUT2D eigenvalue weighted by Gasteiger charge is 2.19. The number of halogens is 1. The molecule has 0 aromatic carbocycles. The summed E-state index contributed by atoms with van der Waals surface area (Å²) in [6.07, 6.45) is 1.11.